The standard InChI is InChI=1S/C12H14N4O2/c1-9(8-16-6-2-5-14-16)15-10-3-4-11(12(17)18)13-7-10/h2-7,9,15H,8H2,1H3,(H,17,18). The van der Waals surface area contributed by atoms with Gasteiger partial charge >= 0.3 is 5.97 Å². The minimum atomic E-state index is -1.02. The molecular weight excluding hydrogens is 232 g/mol. The third-order valence-electron chi connectivity index (χ3n) is 2.42. The van der Waals surface area contributed by atoms with Gasteiger partial charge in [0, 0.05) is 18.4 Å². The molecule has 18 heavy (non-hydrogen) atoms. The van der Waals surface area contributed by atoms with Crippen molar-refractivity contribution in [2.75, 3.05) is 5.32 Å². The second-order valence-electron chi connectivity index (χ2n) is 4.01. The molecule has 0 saturated heterocycles. The largest absolute Gasteiger partial charge is 0.477 e. The Morgan fingerprint density at radius 1 is 1.56 bits per heavy atom. The summed E-state index contributed by atoms with van der Waals surface area (Å²) >= 11 is 0. The van der Waals surface area contributed by atoms with E-state index in [1.165, 1.54) is 12.3 Å². The highest BCUT2D eigenvalue weighted by molar-refractivity contribution is 5.85. The van der Waals surface area contributed by atoms with Gasteiger partial charge in [0.15, 0.2) is 0 Å². The van der Waals surface area contributed by atoms with E-state index in [4.69, 9.17) is 5.11 Å². The van der Waals surface area contributed by atoms with Gasteiger partial charge in [0.2, 0.25) is 0 Å². The lowest BCUT2D eigenvalue weighted by molar-refractivity contribution is 0.0690. The summed E-state index contributed by atoms with van der Waals surface area (Å²) in [6.07, 6.45) is 5.14. The second kappa shape index (κ2) is 5.31. The molecule has 0 aliphatic rings. The molecular formula is C12H14N4O2. The second-order valence-corrected chi connectivity index (χ2v) is 4.01. The Bertz CT molecular complexity index is 507. The first kappa shape index (κ1) is 12.1. The van der Waals surface area contributed by atoms with Crippen LogP contribution in [0, 0.1) is 0 Å². The molecule has 2 rings (SSSR count). The fourth-order valence-corrected chi connectivity index (χ4v) is 1.62. The quantitative estimate of drug-likeness (QED) is 0.835. The van der Waals surface area contributed by atoms with Crippen LogP contribution in [0.15, 0.2) is 36.8 Å². The van der Waals surface area contributed by atoms with Crippen molar-refractivity contribution in [2.45, 2.75) is 19.5 Å². The van der Waals surface area contributed by atoms with Crippen LogP contribution in [0.5, 0.6) is 0 Å². The molecule has 6 nitrogen and oxygen atoms in total. The summed E-state index contributed by atoms with van der Waals surface area (Å²) in [5.41, 5.74) is 0.833. The van der Waals surface area contributed by atoms with E-state index in [2.05, 4.69) is 15.4 Å². The SMILES string of the molecule is CC(Cn1cccn1)Nc1ccc(C(=O)O)nc1. The van der Waals surface area contributed by atoms with Crippen molar-refractivity contribution in [3.63, 3.8) is 0 Å². The number of nitrogens with zero attached hydrogens (tertiary/aromatic N) is 3. The summed E-state index contributed by atoms with van der Waals surface area (Å²) in [5.74, 6) is -1.02. The van der Waals surface area contributed by atoms with Crippen molar-refractivity contribution in [1.82, 2.24) is 14.8 Å². The monoisotopic (exact) mass is 246 g/mol. The van der Waals surface area contributed by atoms with E-state index in [9.17, 15) is 4.79 Å². The van der Waals surface area contributed by atoms with E-state index >= 15 is 0 Å². The van der Waals surface area contributed by atoms with E-state index in [1.807, 2.05) is 23.9 Å². The van der Waals surface area contributed by atoms with Crippen molar-refractivity contribution in [3.8, 4) is 0 Å². The van der Waals surface area contributed by atoms with Gasteiger partial charge in [-0.1, -0.05) is 0 Å². The fourth-order valence-electron chi connectivity index (χ4n) is 1.62. The Morgan fingerprint density at radius 3 is 2.94 bits per heavy atom. The van der Waals surface area contributed by atoms with Crippen LogP contribution in [0.25, 0.3) is 0 Å². The van der Waals surface area contributed by atoms with Gasteiger partial charge in [-0.25, -0.2) is 9.78 Å². The average molecular weight is 246 g/mol. The molecule has 2 N–H and O–H groups in total. The zero-order valence-electron chi connectivity index (χ0n) is 9.95. The molecule has 94 valence electrons. The van der Waals surface area contributed by atoms with Crippen LogP contribution in [-0.2, 0) is 6.54 Å². The van der Waals surface area contributed by atoms with Crippen molar-refractivity contribution in [3.05, 3.63) is 42.5 Å². The molecule has 0 amide bonds. The number of rotatable bonds is 5. The molecule has 2 heterocycles. The summed E-state index contributed by atoms with van der Waals surface area (Å²) < 4.78 is 1.83. The highest BCUT2D eigenvalue weighted by Crippen LogP contribution is 2.08. The number of hydrogen-bond acceptors (Lipinski definition) is 4. The van der Waals surface area contributed by atoms with Gasteiger partial charge in [0.1, 0.15) is 5.69 Å². The predicted molar refractivity (Wildman–Crippen MR) is 66.5 cm³/mol. The molecule has 2 aromatic rings. The molecule has 0 spiro atoms. The molecule has 0 saturated carbocycles. The summed E-state index contributed by atoms with van der Waals surface area (Å²) in [6, 6.07) is 5.22. The number of carboxylic acid groups (broad SMARTS) is 1. The maximum Gasteiger partial charge on any atom is 0.354 e. The first-order valence-electron chi connectivity index (χ1n) is 5.58. The summed E-state index contributed by atoms with van der Waals surface area (Å²) in [7, 11) is 0. The lowest BCUT2D eigenvalue weighted by Gasteiger charge is -2.14. The smallest absolute Gasteiger partial charge is 0.354 e. The maximum absolute atomic E-state index is 10.7. The number of pyridine rings is 1. The molecule has 1 unspecified atom stereocenters. The number of anilines is 1. The van der Waals surface area contributed by atoms with Crippen LogP contribution in [0.1, 0.15) is 17.4 Å². The van der Waals surface area contributed by atoms with E-state index in [0.29, 0.717) is 0 Å². The Morgan fingerprint density at radius 2 is 2.39 bits per heavy atom. The molecule has 0 aromatic carbocycles. The van der Waals surface area contributed by atoms with Gasteiger partial charge in [-0.2, -0.15) is 5.10 Å². The van der Waals surface area contributed by atoms with Gasteiger partial charge < -0.3 is 10.4 Å². The zero-order chi connectivity index (χ0) is 13.0. The van der Waals surface area contributed by atoms with Crippen molar-refractivity contribution < 1.29 is 9.90 Å². The van der Waals surface area contributed by atoms with Crippen LogP contribution in [0.3, 0.4) is 0 Å². The Balaban J connectivity index is 1.94. The Kier molecular flexibility index (Phi) is 3.57. The van der Waals surface area contributed by atoms with E-state index in [1.54, 1.807) is 12.3 Å². The van der Waals surface area contributed by atoms with Crippen LogP contribution < -0.4 is 5.32 Å². The Labute approximate surface area is 104 Å². The summed E-state index contributed by atoms with van der Waals surface area (Å²) in [6.45, 7) is 2.75. The molecule has 0 bridgehead atoms. The highest BCUT2D eigenvalue weighted by atomic mass is 16.4. The van der Waals surface area contributed by atoms with Crippen LogP contribution in [0.2, 0.25) is 0 Å². The van der Waals surface area contributed by atoms with Gasteiger partial charge in [-0.05, 0) is 25.1 Å². The number of hydrogen-bond donors (Lipinski definition) is 2. The van der Waals surface area contributed by atoms with E-state index in [0.717, 1.165) is 12.2 Å². The summed E-state index contributed by atoms with van der Waals surface area (Å²) in [4.78, 5) is 14.5. The van der Waals surface area contributed by atoms with E-state index in [-0.39, 0.29) is 11.7 Å². The number of aromatic carboxylic acids is 1. The van der Waals surface area contributed by atoms with Gasteiger partial charge in [0.25, 0.3) is 0 Å². The minimum Gasteiger partial charge on any atom is -0.477 e. The molecule has 0 aliphatic heterocycles. The molecule has 0 aliphatic carbocycles. The lowest BCUT2D eigenvalue weighted by Crippen LogP contribution is -2.22. The highest BCUT2D eigenvalue weighted by Gasteiger charge is 2.06. The molecule has 2 aromatic heterocycles. The number of aromatic nitrogens is 3. The van der Waals surface area contributed by atoms with Gasteiger partial charge in [0.05, 0.1) is 18.4 Å². The zero-order valence-corrected chi connectivity index (χ0v) is 9.95. The maximum atomic E-state index is 10.7. The fraction of sp³-hybridized carbons (Fsp3) is 0.250. The normalized spacial score (nSPS) is 12.1. The number of carbonyl (C=O) groups is 1. The van der Waals surface area contributed by atoms with Gasteiger partial charge in [-0.3, -0.25) is 4.68 Å². The first-order chi connectivity index (χ1) is 8.65. The Hall–Kier alpha value is -2.37. The first-order valence-corrected chi connectivity index (χ1v) is 5.58. The van der Waals surface area contributed by atoms with Crippen LogP contribution >= 0.6 is 0 Å². The van der Waals surface area contributed by atoms with Crippen molar-refractivity contribution in [2.24, 2.45) is 0 Å². The van der Waals surface area contributed by atoms with E-state index < -0.39 is 5.97 Å². The minimum absolute atomic E-state index is 0.0419. The van der Waals surface area contributed by atoms with Crippen molar-refractivity contribution in [1.29, 1.82) is 0 Å². The molecule has 0 fully saturated rings. The van der Waals surface area contributed by atoms with Crippen LogP contribution in [0.4, 0.5) is 5.69 Å². The number of nitrogens with one attached hydrogen (secondary N) is 1. The molecule has 1 atom stereocenters. The topological polar surface area (TPSA) is 80.0 Å². The average Bonchev–Trinajstić information content (AvgIpc) is 2.82. The molecule has 6 heteroatoms. The lowest BCUT2D eigenvalue weighted by atomic mass is 10.3. The van der Waals surface area contributed by atoms with Gasteiger partial charge in [-0.15, -0.1) is 0 Å². The predicted octanol–water partition coefficient (Wildman–Crippen LogP) is 1.48. The third kappa shape index (κ3) is 3.07. The third-order valence-corrected chi connectivity index (χ3v) is 2.42. The molecule has 0 radical (unpaired) electrons. The summed E-state index contributed by atoms with van der Waals surface area (Å²) in [5, 5.41) is 16.1. The number of carboxylic acids is 1. The van der Waals surface area contributed by atoms with Crippen molar-refractivity contribution >= 4 is 11.7 Å². The van der Waals surface area contributed by atoms with Crippen LogP contribution in [-0.4, -0.2) is 31.9 Å².